The highest BCUT2D eigenvalue weighted by Crippen LogP contribution is 2.48. The summed E-state index contributed by atoms with van der Waals surface area (Å²) in [5.74, 6) is -3.75. The molecule has 0 amide bonds. The number of methoxy groups -OCH3 is 1. The molecule has 0 aromatic heterocycles. The van der Waals surface area contributed by atoms with Crippen LogP contribution in [0.4, 0.5) is 0 Å². The number of fused-ring (bicyclic) bond motifs is 4. The molecule has 4 bridgehead atoms. The zero-order chi connectivity index (χ0) is 30.9. The van der Waals surface area contributed by atoms with Crippen molar-refractivity contribution in [1.29, 1.82) is 0 Å². The Morgan fingerprint density at radius 2 is 1.88 bits per heavy atom. The van der Waals surface area contributed by atoms with Crippen LogP contribution in [0.2, 0.25) is 0 Å². The predicted molar refractivity (Wildman–Crippen MR) is 147 cm³/mol. The second-order valence-corrected chi connectivity index (χ2v) is 11.5. The number of carbonyl (C=O) groups excluding carboxylic acids is 4. The fourth-order valence-corrected chi connectivity index (χ4v) is 5.60. The molecule has 1 unspecified atom stereocenters. The number of hydrogen-bond donors (Lipinski definition) is 2. The van der Waals surface area contributed by atoms with Gasteiger partial charge in [-0.25, -0.2) is 4.79 Å². The third-order valence-corrected chi connectivity index (χ3v) is 7.99. The molecule has 6 atom stereocenters. The molecule has 1 saturated carbocycles. The summed E-state index contributed by atoms with van der Waals surface area (Å²) >= 11 is 0. The number of esters is 3. The Bertz CT molecular complexity index is 1030. The third-order valence-electron chi connectivity index (χ3n) is 7.99. The lowest BCUT2D eigenvalue weighted by atomic mass is 9.59. The number of ketones is 1. The average Bonchev–Trinajstić information content (AvgIpc) is 2.95. The topological polar surface area (TPSA) is 164 Å². The smallest absolute Gasteiger partial charge is 0.330 e. The molecule has 12 nitrogen and oxygen atoms in total. The third kappa shape index (κ3) is 8.47. The monoisotopic (exact) mass is 596 g/mol. The van der Waals surface area contributed by atoms with E-state index < -0.39 is 65.7 Å². The minimum atomic E-state index is -2.37. The minimum Gasteiger partial charge on any atom is -0.466 e. The van der Waals surface area contributed by atoms with Gasteiger partial charge in [0.2, 0.25) is 0 Å². The average molecular weight is 597 g/mol. The Balaban J connectivity index is 2.06. The number of carbonyl (C=O) groups is 4. The highest BCUT2D eigenvalue weighted by molar-refractivity contribution is 5.95. The quantitative estimate of drug-likeness (QED) is 0.211. The van der Waals surface area contributed by atoms with Gasteiger partial charge in [0.15, 0.2) is 23.8 Å². The van der Waals surface area contributed by atoms with E-state index in [-0.39, 0.29) is 30.9 Å². The molecule has 0 aromatic rings. The number of hydrogen-bond acceptors (Lipinski definition) is 12. The van der Waals surface area contributed by atoms with Crippen molar-refractivity contribution in [1.82, 2.24) is 0 Å². The first-order chi connectivity index (χ1) is 19.9. The molecule has 1 saturated heterocycles. The van der Waals surface area contributed by atoms with Crippen LogP contribution in [0.5, 0.6) is 0 Å². The molecule has 2 aliphatic heterocycles. The zero-order valence-electron chi connectivity index (χ0n) is 24.9. The maximum atomic E-state index is 14.2. The first-order valence-electron chi connectivity index (χ1n) is 14.5. The normalized spacial score (nSPS) is 35.0. The summed E-state index contributed by atoms with van der Waals surface area (Å²) < 4.78 is 33.3. The van der Waals surface area contributed by atoms with Gasteiger partial charge in [-0.05, 0) is 50.2 Å². The van der Waals surface area contributed by atoms with Crippen LogP contribution in [-0.2, 0) is 47.6 Å². The lowest BCUT2D eigenvalue weighted by Gasteiger charge is -2.50. The van der Waals surface area contributed by atoms with Gasteiger partial charge in [-0.2, -0.15) is 0 Å². The van der Waals surface area contributed by atoms with Crippen LogP contribution in [0.3, 0.4) is 0 Å². The van der Waals surface area contributed by atoms with Gasteiger partial charge in [0.25, 0.3) is 0 Å². The van der Waals surface area contributed by atoms with Crippen LogP contribution in [-0.4, -0.2) is 97.6 Å². The number of aliphatic hydroxyl groups excluding tert-OH is 1. The number of aliphatic hydroxyl groups is 2. The summed E-state index contributed by atoms with van der Waals surface area (Å²) in [6.45, 7) is 5.17. The van der Waals surface area contributed by atoms with Crippen molar-refractivity contribution >= 4 is 23.7 Å². The van der Waals surface area contributed by atoms with Gasteiger partial charge in [-0.15, -0.1) is 0 Å². The van der Waals surface area contributed by atoms with Crippen LogP contribution in [0, 0.1) is 11.3 Å². The second-order valence-electron chi connectivity index (χ2n) is 11.5. The van der Waals surface area contributed by atoms with E-state index in [0.29, 0.717) is 45.5 Å². The summed E-state index contributed by atoms with van der Waals surface area (Å²) in [6, 6.07) is 0. The van der Waals surface area contributed by atoms with E-state index in [2.05, 4.69) is 0 Å². The Morgan fingerprint density at radius 1 is 1.14 bits per heavy atom. The largest absolute Gasteiger partial charge is 0.466 e. The van der Waals surface area contributed by atoms with Crippen molar-refractivity contribution in [3.63, 3.8) is 0 Å². The molecular formula is C30H44O12. The number of Topliss-reactive ketones (excluding diaryl/α,β-unsaturated/α-hetero) is 1. The predicted octanol–water partition coefficient (Wildman–Crippen LogP) is 1.94. The summed E-state index contributed by atoms with van der Waals surface area (Å²) in [5.41, 5.74) is -3.61. The van der Waals surface area contributed by atoms with Gasteiger partial charge in [0.1, 0.15) is 6.10 Å². The van der Waals surface area contributed by atoms with Gasteiger partial charge < -0.3 is 38.6 Å². The van der Waals surface area contributed by atoms with E-state index in [1.165, 1.54) is 7.11 Å². The van der Waals surface area contributed by atoms with Crippen molar-refractivity contribution in [3.05, 3.63) is 23.8 Å². The van der Waals surface area contributed by atoms with Crippen LogP contribution >= 0.6 is 0 Å². The SMILES string of the molecule is COC(=O)/C=C1\CC2C[C@H](CO)OC(=O)CCCCOCC[C@@H]3CCO[C@H](/C=C/C(C)(C)[C@](O)(C2=O)[C@H]1OC(C)=O)O3. The Hall–Kier alpha value is -2.64. The van der Waals surface area contributed by atoms with Crippen molar-refractivity contribution < 1.29 is 57.8 Å². The molecule has 1 aliphatic carbocycles. The van der Waals surface area contributed by atoms with Crippen molar-refractivity contribution in [2.45, 2.75) is 95.9 Å². The van der Waals surface area contributed by atoms with Crippen LogP contribution < -0.4 is 0 Å². The van der Waals surface area contributed by atoms with Gasteiger partial charge in [0, 0.05) is 44.0 Å². The molecule has 0 radical (unpaired) electrons. The van der Waals surface area contributed by atoms with Crippen molar-refractivity contribution in [2.24, 2.45) is 11.3 Å². The molecule has 3 aliphatic rings. The fourth-order valence-electron chi connectivity index (χ4n) is 5.60. The second kappa shape index (κ2) is 15.2. The summed E-state index contributed by atoms with van der Waals surface area (Å²) in [6.07, 6.45) is 3.18. The summed E-state index contributed by atoms with van der Waals surface area (Å²) in [7, 11) is 1.18. The van der Waals surface area contributed by atoms with Crippen LogP contribution in [0.25, 0.3) is 0 Å². The van der Waals surface area contributed by atoms with Gasteiger partial charge >= 0.3 is 17.9 Å². The summed E-state index contributed by atoms with van der Waals surface area (Å²) in [4.78, 5) is 51.2. The molecule has 0 spiro atoms. The zero-order valence-corrected chi connectivity index (χ0v) is 24.9. The van der Waals surface area contributed by atoms with E-state index in [1.807, 2.05) is 0 Å². The molecule has 2 N–H and O–H groups in total. The highest BCUT2D eigenvalue weighted by atomic mass is 16.7. The number of cyclic esters (lactones) is 1. The highest BCUT2D eigenvalue weighted by Gasteiger charge is 2.61. The molecule has 2 fully saturated rings. The van der Waals surface area contributed by atoms with E-state index in [0.717, 1.165) is 13.0 Å². The number of ether oxygens (including phenoxy) is 6. The van der Waals surface area contributed by atoms with Crippen molar-refractivity contribution in [3.8, 4) is 0 Å². The lowest BCUT2D eigenvalue weighted by Crippen LogP contribution is -2.65. The molecule has 12 heteroatoms. The van der Waals surface area contributed by atoms with E-state index in [4.69, 9.17) is 28.4 Å². The minimum absolute atomic E-state index is 0.101. The molecule has 42 heavy (non-hydrogen) atoms. The van der Waals surface area contributed by atoms with E-state index in [9.17, 15) is 29.4 Å². The van der Waals surface area contributed by atoms with E-state index in [1.54, 1.807) is 26.0 Å². The molecule has 236 valence electrons. The van der Waals surface area contributed by atoms with Gasteiger partial charge in [0.05, 0.1) is 26.4 Å². The Kier molecular flexibility index (Phi) is 12.2. The molecule has 3 rings (SSSR count). The van der Waals surface area contributed by atoms with Gasteiger partial charge in [-0.1, -0.05) is 19.9 Å². The van der Waals surface area contributed by atoms with E-state index >= 15 is 0 Å². The Morgan fingerprint density at radius 3 is 2.57 bits per heavy atom. The fraction of sp³-hybridized carbons (Fsp3) is 0.733. The lowest BCUT2D eigenvalue weighted by molar-refractivity contribution is -0.194. The van der Waals surface area contributed by atoms with Gasteiger partial charge in [-0.3, -0.25) is 14.4 Å². The molecule has 2 heterocycles. The molecule has 0 aromatic carbocycles. The standard InChI is InChI=1S/C30H44O12/c1-19(32)40-28-21(17-25(34)37-4)15-20-16-23(18-31)41-24(33)7-5-6-12-38-13-9-22-10-14-39-26(42-22)8-11-29(2,3)30(28,36)27(20)35/h8,11,17,20,22-23,26,28,31,36H,5-7,9-10,12-16,18H2,1-4H3/b11-8+,21-17+/t20?,22-,23-,26+,28+,30+/m1/s1. The van der Waals surface area contributed by atoms with Crippen molar-refractivity contribution in [2.75, 3.05) is 33.5 Å². The summed E-state index contributed by atoms with van der Waals surface area (Å²) in [5, 5.41) is 22.3. The maximum absolute atomic E-state index is 14.2. The maximum Gasteiger partial charge on any atom is 0.330 e. The first kappa shape index (κ1) is 33.9. The first-order valence-corrected chi connectivity index (χ1v) is 14.5. The van der Waals surface area contributed by atoms with Crippen LogP contribution in [0.15, 0.2) is 23.8 Å². The van der Waals surface area contributed by atoms with Crippen LogP contribution in [0.1, 0.15) is 65.7 Å². The molecular weight excluding hydrogens is 552 g/mol. The number of rotatable bonds is 3. The Labute approximate surface area is 246 Å².